The topological polar surface area (TPSA) is 167 Å². The Morgan fingerprint density at radius 3 is 2.02 bits per heavy atom. The number of nitrogens with zero attached hydrogens (tertiary/aromatic N) is 5. The maximum Gasteiger partial charge on any atom is 0.407 e. The van der Waals surface area contributed by atoms with Crippen LogP contribution in [0.25, 0.3) is 11.3 Å². The third kappa shape index (κ3) is 10.9. The fourth-order valence-electron chi connectivity index (χ4n) is 7.57. The number of aromatic amines is 2. The average molecular weight is 843 g/mol. The molecule has 0 spiro atoms. The molecule has 0 bridgehead atoms. The molecule has 3 N–H and O–H groups in total. The summed E-state index contributed by atoms with van der Waals surface area (Å²) in [6, 6.07) is 24.9. The number of aliphatic imine (C=N–C) groups is 1. The number of imidazole rings is 2. The molecule has 3 amide bonds. The van der Waals surface area contributed by atoms with E-state index in [2.05, 4.69) is 54.4 Å². The third-order valence-corrected chi connectivity index (χ3v) is 10.4. The standard InChI is InChI=1S/C42H46N8O6.CH4.2H2S/c1-54-42(53)48-37(31-13-7-4-8-14-31)41(52)50-24-9-15-34(50)38-43-25-32(46-38)22-19-28-17-20-29(21-18-28)33-26-44-39(47-33)35-16-10-23-49(35)40(51)36(45-27-56-55-2)30-11-5-3-6-12-30;;;/h3-8,11-14,17-18,20-21,25-27,34-37H,9-10,15-16,19,22-24H2,1-2H3,(H,43,46)(H,44,47)(H,48,53);1H4;2*1H2/t34-,35-,36+,37+;;;/m0.../s1. The number of carbonyl (C=O) groups excluding carboxylic acids is 3. The molecule has 0 radical (unpaired) electrons. The number of hydrogen-bond donors (Lipinski definition) is 3. The van der Waals surface area contributed by atoms with Gasteiger partial charge >= 0.3 is 6.09 Å². The molecule has 14 nitrogen and oxygen atoms in total. The number of aromatic nitrogens is 4. The first-order valence-electron chi connectivity index (χ1n) is 18.9. The van der Waals surface area contributed by atoms with E-state index in [1.807, 2.05) is 78.0 Å². The summed E-state index contributed by atoms with van der Waals surface area (Å²) in [5, 5.41) is 2.71. The number of hydrogen-bond acceptors (Lipinski definition) is 9. The largest absolute Gasteiger partial charge is 0.453 e. The van der Waals surface area contributed by atoms with Gasteiger partial charge in [-0.25, -0.2) is 19.8 Å². The van der Waals surface area contributed by atoms with Crippen molar-refractivity contribution in [3.05, 3.63) is 131 Å². The SMILES string of the molecule is C.COOC=N[C@@H](C(=O)N1CCC[C@H]1c1ncc(-c2ccc(CCc3cnc([C@@H]4CCCN4C(=O)[C@H](NC(=O)OC)c4ccccc4)[nH]3)cc2)[nH]1)c1ccccc1.S.S. The first kappa shape index (κ1) is 46.1. The van der Waals surface area contributed by atoms with Crippen molar-refractivity contribution in [1.82, 2.24) is 35.1 Å². The molecule has 0 saturated carbocycles. The van der Waals surface area contributed by atoms with Gasteiger partial charge in [0.25, 0.3) is 11.8 Å². The minimum absolute atomic E-state index is 0. The van der Waals surface area contributed by atoms with E-state index in [0.717, 1.165) is 79.1 Å². The Balaban J connectivity index is 0.00000256. The molecule has 2 fully saturated rings. The number of rotatable bonds is 14. The van der Waals surface area contributed by atoms with Crippen molar-refractivity contribution in [2.75, 3.05) is 27.3 Å². The highest BCUT2D eigenvalue weighted by molar-refractivity contribution is 7.59. The molecule has 16 heteroatoms. The highest BCUT2D eigenvalue weighted by atomic mass is 32.1. The second-order valence-electron chi connectivity index (χ2n) is 13.9. The molecule has 2 saturated heterocycles. The summed E-state index contributed by atoms with van der Waals surface area (Å²) in [4.78, 5) is 73.7. The number of ether oxygens (including phenoxy) is 1. The van der Waals surface area contributed by atoms with Gasteiger partial charge in [0, 0.05) is 25.0 Å². The van der Waals surface area contributed by atoms with Crippen LogP contribution in [0.1, 0.15) is 91.3 Å². The Bertz CT molecular complexity index is 2110. The van der Waals surface area contributed by atoms with Crippen molar-refractivity contribution in [2.24, 2.45) is 4.99 Å². The van der Waals surface area contributed by atoms with E-state index in [4.69, 9.17) is 14.6 Å². The lowest BCUT2D eigenvalue weighted by atomic mass is 10.0. The molecule has 314 valence electrons. The Hall–Kier alpha value is -5.58. The maximum atomic E-state index is 13.9. The summed E-state index contributed by atoms with van der Waals surface area (Å²) in [5.74, 6) is 1.16. The van der Waals surface area contributed by atoms with Crippen LogP contribution in [0.4, 0.5) is 4.79 Å². The summed E-state index contributed by atoms with van der Waals surface area (Å²) in [6.07, 6.45) is 8.97. The predicted octanol–water partition coefficient (Wildman–Crippen LogP) is 7.22. The van der Waals surface area contributed by atoms with Crippen LogP contribution in [0.2, 0.25) is 0 Å². The number of H-pyrrole nitrogens is 2. The molecule has 2 aliphatic heterocycles. The zero-order chi connectivity index (χ0) is 38.9. The summed E-state index contributed by atoms with van der Waals surface area (Å²) in [7, 11) is 2.67. The van der Waals surface area contributed by atoms with Crippen molar-refractivity contribution in [2.45, 2.75) is 70.1 Å². The predicted molar refractivity (Wildman–Crippen MR) is 235 cm³/mol. The maximum absolute atomic E-state index is 13.9. The Morgan fingerprint density at radius 1 is 0.797 bits per heavy atom. The molecule has 7 rings (SSSR count). The third-order valence-electron chi connectivity index (χ3n) is 10.4. The number of alkyl carbamates (subject to hydrolysis) is 1. The van der Waals surface area contributed by atoms with Gasteiger partial charge in [-0.2, -0.15) is 31.9 Å². The molecule has 0 aliphatic carbocycles. The van der Waals surface area contributed by atoms with E-state index in [9.17, 15) is 14.4 Å². The van der Waals surface area contributed by atoms with Gasteiger partial charge in [0.1, 0.15) is 17.7 Å². The van der Waals surface area contributed by atoms with Crippen LogP contribution in [-0.4, -0.2) is 81.4 Å². The first-order valence-corrected chi connectivity index (χ1v) is 18.9. The monoisotopic (exact) mass is 842 g/mol. The Labute approximate surface area is 359 Å². The fourth-order valence-corrected chi connectivity index (χ4v) is 7.57. The number of carbonyl (C=O) groups is 3. The van der Waals surface area contributed by atoms with Gasteiger partial charge in [0.15, 0.2) is 6.04 Å². The minimum atomic E-state index is -0.864. The van der Waals surface area contributed by atoms with E-state index >= 15 is 0 Å². The lowest BCUT2D eigenvalue weighted by Crippen LogP contribution is -2.42. The van der Waals surface area contributed by atoms with Crippen LogP contribution in [0, 0.1) is 0 Å². The summed E-state index contributed by atoms with van der Waals surface area (Å²) in [6.45, 7) is 1.18. The second-order valence-corrected chi connectivity index (χ2v) is 13.9. The van der Waals surface area contributed by atoms with Gasteiger partial charge in [-0.05, 0) is 60.8 Å². The van der Waals surface area contributed by atoms with Crippen LogP contribution >= 0.6 is 27.0 Å². The van der Waals surface area contributed by atoms with E-state index < -0.39 is 18.2 Å². The molecule has 4 heterocycles. The molecule has 0 unspecified atom stereocenters. The molecule has 4 atom stereocenters. The van der Waals surface area contributed by atoms with Gasteiger partial charge < -0.3 is 34.7 Å². The van der Waals surface area contributed by atoms with Crippen molar-refractivity contribution in [3.8, 4) is 11.3 Å². The van der Waals surface area contributed by atoms with Gasteiger partial charge in [-0.1, -0.05) is 92.4 Å². The molecule has 3 aromatic carbocycles. The van der Waals surface area contributed by atoms with Crippen molar-refractivity contribution >= 4 is 51.3 Å². The molecule has 5 aromatic rings. The number of nitrogens with one attached hydrogen (secondary N) is 3. The van der Waals surface area contributed by atoms with Gasteiger partial charge in [0.2, 0.25) is 6.40 Å². The number of amides is 3. The van der Waals surface area contributed by atoms with Crippen LogP contribution < -0.4 is 5.32 Å². The lowest BCUT2D eigenvalue weighted by molar-refractivity contribution is -0.188. The Morgan fingerprint density at radius 2 is 1.39 bits per heavy atom. The van der Waals surface area contributed by atoms with Crippen molar-refractivity contribution < 1.29 is 28.9 Å². The summed E-state index contributed by atoms with van der Waals surface area (Å²) >= 11 is 0. The van der Waals surface area contributed by atoms with Gasteiger partial charge in [0.05, 0.1) is 38.2 Å². The quantitative estimate of drug-likeness (QED) is 0.0456. The molecular weight excluding hydrogens is 789 g/mol. The first-order chi connectivity index (χ1) is 27.4. The smallest absolute Gasteiger partial charge is 0.407 e. The average Bonchev–Trinajstić information content (AvgIpc) is 4.08. The van der Waals surface area contributed by atoms with E-state index in [1.165, 1.54) is 19.8 Å². The van der Waals surface area contributed by atoms with Crippen molar-refractivity contribution in [1.29, 1.82) is 0 Å². The van der Waals surface area contributed by atoms with Gasteiger partial charge in [-0.3, -0.25) is 9.59 Å². The Kier molecular flexibility index (Phi) is 17.2. The molecule has 2 aromatic heterocycles. The molecular formula is C43H54N8O6S2. The van der Waals surface area contributed by atoms with Crippen molar-refractivity contribution in [3.63, 3.8) is 0 Å². The van der Waals surface area contributed by atoms with E-state index in [-0.39, 0.29) is 58.3 Å². The van der Waals surface area contributed by atoms with Crippen LogP contribution in [0.5, 0.6) is 0 Å². The van der Waals surface area contributed by atoms with Gasteiger partial charge in [-0.15, -0.1) is 0 Å². The molecule has 2 aliphatic rings. The minimum Gasteiger partial charge on any atom is -0.453 e. The zero-order valence-electron chi connectivity index (χ0n) is 32.5. The normalized spacial score (nSPS) is 17.0. The lowest BCUT2D eigenvalue weighted by Gasteiger charge is -2.28. The summed E-state index contributed by atoms with van der Waals surface area (Å²) < 4.78 is 4.82. The van der Waals surface area contributed by atoms with Crippen LogP contribution in [0.3, 0.4) is 0 Å². The highest BCUT2D eigenvalue weighted by Gasteiger charge is 2.38. The summed E-state index contributed by atoms with van der Waals surface area (Å²) in [5.41, 5.74) is 5.48. The zero-order valence-corrected chi connectivity index (χ0v) is 34.5. The second kappa shape index (κ2) is 22.0. The number of likely N-dealkylation sites (tertiary alicyclic amines) is 2. The van der Waals surface area contributed by atoms with Crippen LogP contribution in [0.15, 0.2) is 102 Å². The number of benzene rings is 3. The fraction of sp³-hybridized carbons (Fsp3) is 0.349. The van der Waals surface area contributed by atoms with Crippen LogP contribution in [-0.2, 0) is 36.9 Å². The number of aryl methyl sites for hydroxylation is 2. The molecule has 59 heavy (non-hydrogen) atoms. The van der Waals surface area contributed by atoms with E-state index in [0.29, 0.717) is 18.7 Å². The number of methoxy groups -OCH3 is 1. The van der Waals surface area contributed by atoms with E-state index in [1.54, 1.807) is 4.90 Å². The highest BCUT2D eigenvalue weighted by Crippen LogP contribution is 2.36.